The number of nitrogens with zero attached hydrogens (tertiary/aromatic N) is 2. The smallest absolute Gasteiger partial charge is 0.315 e. The third-order valence-electron chi connectivity index (χ3n) is 4.75. The minimum Gasteiger partial charge on any atom is -0.491 e. The van der Waals surface area contributed by atoms with Crippen LogP contribution in [0.15, 0.2) is 24.3 Å². The number of hydrogen-bond acceptors (Lipinski definition) is 4. The fraction of sp³-hybridized carbons (Fsp3) is 0.611. The van der Waals surface area contributed by atoms with Gasteiger partial charge in [0.1, 0.15) is 12.4 Å². The second-order valence-corrected chi connectivity index (χ2v) is 6.72. The molecule has 0 aliphatic carbocycles. The van der Waals surface area contributed by atoms with Crippen molar-refractivity contribution in [2.24, 2.45) is 0 Å². The average Bonchev–Trinajstić information content (AvgIpc) is 2.60. The van der Waals surface area contributed by atoms with E-state index in [4.69, 9.17) is 4.74 Å². The van der Waals surface area contributed by atoms with Crippen molar-refractivity contribution in [1.29, 1.82) is 0 Å². The van der Waals surface area contributed by atoms with Crippen LogP contribution in [-0.2, 0) is 6.42 Å². The standard InChI is InChI=1S/C18H28N4O2/c1-21-9-11-22(12-10-21)8-4-7-19-18(23)20-16-13-15-5-2-3-6-17(15)24-14-16/h2-3,5-6,16H,4,7-14H2,1H3,(H2,19,20,23). The van der Waals surface area contributed by atoms with Gasteiger partial charge < -0.3 is 25.2 Å². The van der Waals surface area contributed by atoms with Crippen molar-refractivity contribution in [3.05, 3.63) is 29.8 Å². The number of fused-ring (bicyclic) bond motifs is 1. The van der Waals surface area contributed by atoms with Crippen LogP contribution in [0.25, 0.3) is 0 Å². The molecule has 132 valence electrons. The predicted molar refractivity (Wildman–Crippen MR) is 94.5 cm³/mol. The molecule has 0 radical (unpaired) electrons. The molecule has 2 aliphatic heterocycles. The topological polar surface area (TPSA) is 56.8 Å². The Kier molecular flexibility index (Phi) is 5.93. The number of ether oxygens (including phenoxy) is 1. The van der Waals surface area contributed by atoms with Crippen molar-refractivity contribution in [2.45, 2.75) is 18.9 Å². The summed E-state index contributed by atoms with van der Waals surface area (Å²) in [5.41, 5.74) is 1.16. The highest BCUT2D eigenvalue weighted by Crippen LogP contribution is 2.23. The highest BCUT2D eigenvalue weighted by atomic mass is 16.5. The Morgan fingerprint density at radius 2 is 2.04 bits per heavy atom. The van der Waals surface area contributed by atoms with E-state index in [1.54, 1.807) is 0 Å². The number of rotatable bonds is 5. The van der Waals surface area contributed by atoms with Crippen LogP contribution >= 0.6 is 0 Å². The van der Waals surface area contributed by atoms with Gasteiger partial charge in [-0.3, -0.25) is 0 Å². The first-order valence-corrected chi connectivity index (χ1v) is 8.86. The zero-order valence-corrected chi connectivity index (χ0v) is 14.5. The summed E-state index contributed by atoms with van der Waals surface area (Å²) in [6.45, 7) is 6.82. The highest BCUT2D eigenvalue weighted by Gasteiger charge is 2.20. The molecule has 6 heteroatoms. The van der Waals surface area contributed by atoms with Gasteiger partial charge in [0.15, 0.2) is 0 Å². The van der Waals surface area contributed by atoms with Crippen LogP contribution in [-0.4, -0.2) is 74.8 Å². The lowest BCUT2D eigenvalue weighted by atomic mass is 10.0. The van der Waals surface area contributed by atoms with Crippen molar-refractivity contribution < 1.29 is 9.53 Å². The Hall–Kier alpha value is -1.79. The van der Waals surface area contributed by atoms with E-state index in [2.05, 4.69) is 33.5 Å². The van der Waals surface area contributed by atoms with Crippen molar-refractivity contribution in [1.82, 2.24) is 20.4 Å². The summed E-state index contributed by atoms with van der Waals surface area (Å²) in [5, 5.41) is 5.97. The van der Waals surface area contributed by atoms with Gasteiger partial charge in [-0.15, -0.1) is 0 Å². The van der Waals surface area contributed by atoms with Crippen molar-refractivity contribution in [3.8, 4) is 5.75 Å². The maximum absolute atomic E-state index is 12.0. The summed E-state index contributed by atoms with van der Waals surface area (Å²) < 4.78 is 5.70. The summed E-state index contributed by atoms with van der Waals surface area (Å²) in [6, 6.07) is 7.95. The van der Waals surface area contributed by atoms with E-state index in [1.807, 2.05) is 18.2 Å². The zero-order valence-electron chi connectivity index (χ0n) is 14.5. The molecule has 0 bridgehead atoms. The van der Waals surface area contributed by atoms with Crippen LogP contribution in [0.5, 0.6) is 5.75 Å². The zero-order chi connectivity index (χ0) is 16.8. The van der Waals surface area contributed by atoms with E-state index in [-0.39, 0.29) is 12.1 Å². The van der Waals surface area contributed by atoms with Crippen LogP contribution in [0.2, 0.25) is 0 Å². The quantitative estimate of drug-likeness (QED) is 0.788. The molecule has 1 aromatic carbocycles. The molecule has 1 unspecified atom stereocenters. The Balaban J connectivity index is 1.31. The molecule has 1 fully saturated rings. The molecule has 1 saturated heterocycles. The summed E-state index contributed by atoms with van der Waals surface area (Å²) in [6.07, 6.45) is 1.81. The lowest BCUT2D eigenvalue weighted by Crippen LogP contribution is -2.48. The fourth-order valence-electron chi connectivity index (χ4n) is 3.23. The lowest BCUT2D eigenvalue weighted by Gasteiger charge is -2.32. The summed E-state index contributed by atoms with van der Waals surface area (Å²) in [5.74, 6) is 0.933. The maximum Gasteiger partial charge on any atom is 0.315 e. The number of hydrogen-bond donors (Lipinski definition) is 2. The van der Waals surface area contributed by atoms with Crippen molar-refractivity contribution in [2.75, 3.05) is 52.9 Å². The molecular formula is C18H28N4O2. The number of likely N-dealkylation sites (N-methyl/N-ethyl adjacent to an activating group) is 1. The minimum atomic E-state index is -0.0960. The Labute approximate surface area is 144 Å². The molecule has 2 amide bonds. The third-order valence-corrected chi connectivity index (χ3v) is 4.75. The monoisotopic (exact) mass is 332 g/mol. The Bertz CT molecular complexity index is 544. The minimum absolute atomic E-state index is 0.0394. The Morgan fingerprint density at radius 3 is 2.88 bits per heavy atom. The van der Waals surface area contributed by atoms with Gasteiger partial charge in [-0.1, -0.05) is 18.2 Å². The second-order valence-electron chi connectivity index (χ2n) is 6.72. The maximum atomic E-state index is 12.0. The normalized spacial score (nSPS) is 21.6. The van der Waals surface area contributed by atoms with E-state index in [1.165, 1.54) is 0 Å². The summed E-state index contributed by atoms with van der Waals surface area (Å²) >= 11 is 0. The van der Waals surface area contributed by atoms with Crippen molar-refractivity contribution in [3.63, 3.8) is 0 Å². The number of urea groups is 1. The van der Waals surface area contributed by atoms with Gasteiger partial charge in [0.2, 0.25) is 0 Å². The molecule has 24 heavy (non-hydrogen) atoms. The van der Waals surface area contributed by atoms with E-state index in [9.17, 15) is 4.79 Å². The van der Waals surface area contributed by atoms with Crippen LogP contribution < -0.4 is 15.4 Å². The molecular weight excluding hydrogens is 304 g/mol. The van der Waals surface area contributed by atoms with Gasteiger partial charge in [0.05, 0.1) is 6.04 Å². The number of carbonyl (C=O) groups is 1. The molecule has 6 nitrogen and oxygen atoms in total. The number of amides is 2. The molecule has 2 N–H and O–H groups in total. The molecule has 2 aliphatic rings. The number of para-hydroxylation sites is 1. The molecule has 1 atom stereocenters. The molecule has 0 saturated carbocycles. The molecule has 1 aromatic rings. The fourth-order valence-corrected chi connectivity index (χ4v) is 3.23. The van der Waals surface area contributed by atoms with E-state index >= 15 is 0 Å². The SMILES string of the molecule is CN1CCN(CCCNC(=O)NC2COc3ccccc3C2)CC1. The lowest BCUT2D eigenvalue weighted by molar-refractivity contribution is 0.152. The van der Waals surface area contributed by atoms with Crippen molar-refractivity contribution >= 4 is 6.03 Å². The first-order chi connectivity index (χ1) is 11.7. The molecule has 2 heterocycles. The van der Waals surface area contributed by atoms with Crippen LogP contribution in [0, 0.1) is 0 Å². The van der Waals surface area contributed by atoms with Gasteiger partial charge in [0, 0.05) is 32.7 Å². The predicted octanol–water partition coefficient (Wildman–Crippen LogP) is 0.927. The van der Waals surface area contributed by atoms with Gasteiger partial charge >= 0.3 is 6.03 Å². The van der Waals surface area contributed by atoms with E-state index < -0.39 is 0 Å². The van der Waals surface area contributed by atoms with Gasteiger partial charge in [-0.25, -0.2) is 4.79 Å². The summed E-state index contributed by atoms with van der Waals surface area (Å²) in [7, 11) is 2.16. The number of carbonyl (C=O) groups excluding carboxylic acids is 1. The molecule has 3 rings (SSSR count). The Morgan fingerprint density at radius 1 is 1.25 bits per heavy atom. The van der Waals surface area contributed by atoms with Gasteiger partial charge in [-0.2, -0.15) is 0 Å². The van der Waals surface area contributed by atoms with E-state index in [0.717, 1.165) is 56.9 Å². The van der Waals surface area contributed by atoms with Crippen LogP contribution in [0.1, 0.15) is 12.0 Å². The largest absolute Gasteiger partial charge is 0.491 e. The van der Waals surface area contributed by atoms with Gasteiger partial charge in [0.25, 0.3) is 0 Å². The van der Waals surface area contributed by atoms with Crippen LogP contribution in [0.3, 0.4) is 0 Å². The van der Waals surface area contributed by atoms with Crippen LogP contribution in [0.4, 0.5) is 4.79 Å². The molecule has 0 aromatic heterocycles. The average molecular weight is 332 g/mol. The number of nitrogens with one attached hydrogen (secondary N) is 2. The molecule has 0 spiro atoms. The third kappa shape index (κ3) is 4.85. The number of benzene rings is 1. The summed E-state index contributed by atoms with van der Waals surface area (Å²) in [4.78, 5) is 16.8. The van der Waals surface area contributed by atoms with Gasteiger partial charge in [-0.05, 0) is 38.1 Å². The van der Waals surface area contributed by atoms with E-state index in [0.29, 0.717) is 13.2 Å². The first kappa shape index (κ1) is 17.0. The highest BCUT2D eigenvalue weighted by molar-refractivity contribution is 5.74. The second kappa shape index (κ2) is 8.35. The number of piperazine rings is 1. The first-order valence-electron chi connectivity index (χ1n) is 8.86.